The van der Waals surface area contributed by atoms with E-state index in [-0.39, 0.29) is 58.4 Å². The van der Waals surface area contributed by atoms with E-state index in [2.05, 4.69) is 24.5 Å². The molecule has 3 aliphatic rings. The van der Waals surface area contributed by atoms with Crippen molar-refractivity contribution in [3.63, 3.8) is 0 Å². The molecule has 0 aromatic carbocycles. The van der Waals surface area contributed by atoms with Crippen molar-refractivity contribution >= 4 is 11.8 Å². The van der Waals surface area contributed by atoms with E-state index in [0.717, 1.165) is 38.5 Å². The standard InChI is InChI=1S/C23H40N2O3/c1-13(20(27)25-22(3,4)5)16-9-11-23(6)12-10-17(14(2)18(23)19(16)26)24-21(28)15-7-8-15/h13-19,26H,7-12H2,1-6H3,(H,24,28)(H,25,27)/t13-,14+,16?,17-,18+,19-,23-/m0/s1. The summed E-state index contributed by atoms with van der Waals surface area (Å²) < 4.78 is 0. The van der Waals surface area contributed by atoms with Crippen LogP contribution in [0.4, 0.5) is 0 Å². The fourth-order valence-corrected chi connectivity index (χ4v) is 5.82. The molecule has 3 fully saturated rings. The van der Waals surface area contributed by atoms with E-state index in [1.54, 1.807) is 0 Å². The van der Waals surface area contributed by atoms with Gasteiger partial charge in [-0.15, -0.1) is 0 Å². The van der Waals surface area contributed by atoms with E-state index < -0.39 is 6.10 Å². The van der Waals surface area contributed by atoms with Crippen LogP contribution in [-0.4, -0.2) is 34.6 Å². The van der Waals surface area contributed by atoms with Crippen molar-refractivity contribution in [2.45, 2.75) is 97.8 Å². The lowest BCUT2D eigenvalue weighted by molar-refractivity contribution is -0.144. The summed E-state index contributed by atoms with van der Waals surface area (Å²) in [5.41, 5.74) is -0.174. The first-order chi connectivity index (χ1) is 12.9. The van der Waals surface area contributed by atoms with Gasteiger partial charge in [0.15, 0.2) is 0 Å². The Bertz CT molecular complexity index is 609. The van der Waals surface area contributed by atoms with E-state index in [1.807, 2.05) is 27.7 Å². The Morgan fingerprint density at radius 2 is 1.71 bits per heavy atom. The Hall–Kier alpha value is -1.10. The van der Waals surface area contributed by atoms with Crippen LogP contribution in [0.3, 0.4) is 0 Å². The summed E-state index contributed by atoms with van der Waals surface area (Å²) in [6.45, 7) is 12.4. The van der Waals surface area contributed by atoms with Crippen molar-refractivity contribution in [2.24, 2.45) is 35.0 Å². The number of hydrogen-bond donors (Lipinski definition) is 3. The minimum atomic E-state index is -0.505. The summed E-state index contributed by atoms with van der Waals surface area (Å²) in [7, 11) is 0. The molecule has 0 aliphatic heterocycles. The van der Waals surface area contributed by atoms with Crippen LogP contribution in [0.25, 0.3) is 0 Å². The molecule has 160 valence electrons. The lowest BCUT2D eigenvalue weighted by atomic mass is 9.51. The molecule has 3 saturated carbocycles. The number of amides is 2. The molecule has 3 N–H and O–H groups in total. The van der Waals surface area contributed by atoms with Gasteiger partial charge in [0.2, 0.25) is 11.8 Å². The largest absolute Gasteiger partial charge is 0.392 e. The van der Waals surface area contributed by atoms with Gasteiger partial charge < -0.3 is 15.7 Å². The van der Waals surface area contributed by atoms with Crippen LogP contribution in [0, 0.1) is 35.0 Å². The molecule has 0 aromatic rings. The van der Waals surface area contributed by atoms with Gasteiger partial charge in [-0.25, -0.2) is 0 Å². The zero-order chi connectivity index (χ0) is 20.9. The summed E-state index contributed by atoms with van der Waals surface area (Å²) in [4.78, 5) is 25.0. The third-order valence-electron chi connectivity index (χ3n) is 7.72. The Balaban J connectivity index is 1.72. The van der Waals surface area contributed by atoms with Crippen LogP contribution >= 0.6 is 0 Å². The molecule has 0 heterocycles. The second kappa shape index (κ2) is 7.62. The first kappa shape index (κ1) is 21.6. The molecule has 5 heteroatoms. The smallest absolute Gasteiger partial charge is 0.223 e. The van der Waals surface area contributed by atoms with E-state index in [4.69, 9.17) is 0 Å². The van der Waals surface area contributed by atoms with Crippen LogP contribution < -0.4 is 10.6 Å². The highest BCUT2D eigenvalue weighted by Gasteiger charge is 2.54. The molecular weight excluding hydrogens is 352 g/mol. The summed E-state index contributed by atoms with van der Waals surface area (Å²) in [6, 6.07) is 0.137. The molecule has 0 radical (unpaired) electrons. The number of rotatable bonds is 4. The molecule has 0 saturated heterocycles. The van der Waals surface area contributed by atoms with Gasteiger partial charge in [-0.3, -0.25) is 9.59 Å². The first-order valence-electron chi connectivity index (χ1n) is 11.2. The maximum Gasteiger partial charge on any atom is 0.223 e. The van der Waals surface area contributed by atoms with Crippen LogP contribution in [0.5, 0.6) is 0 Å². The average Bonchev–Trinajstić information content (AvgIpc) is 3.40. The summed E-state index contributed by atoms with van der Waals surface area (Å²) >= 11 is 0. The Morgan fingerprint density at radius 3 is 2.29 bits per heavy atom. The van der Waals surface area contributed by atoms with Gasteiger partial charge in [0.1, 0.15) is 0 Å². The van der Waals surface area contributed by atoms with Gasteiger partial charge in [-0.05, 0) is 82.5 Å². The molecule has 5 nitrogen and oxygen atoms in total. The summed E-state index contributed by atoms with van der Waals surface area (Å²) in [5, 5.41) is 17.7. The highest BCUT2D eigenvalue weighted by atomic mass is 16.3. The average molecular weight is 393 g/mol. The van der Waals surface area contributed by atoms with Crippen LogP contribution in [0.1, 0.15) is 80.1 Å². The van der Waals surface area contributed by atoms with Crippen molar-refractivity contribution in [3.8, 4) is 0 Å². The number of aliphatic hydroxyl groups excluding tert-OH is 1. The van der Waals surface area contributed by atoms with Crippen molar-refractivity contribution in [1.29, 1.82) is 0 Å². The van der Waals surface area contributed by atoms with Crippen LogP contribution in [0.2, 0.25) is 0 Å². The molecule has 0 spiro atoms. The Morgan fingerprint density at radius 1 is 1.11 bits per heavy atom. The van der Waals surface area contributed by atoms with E-state index >= 15 is 0 Å². The second-order valence-electron chi connectivity index (χ2n) is 11.2. The van der Waals surface area contributed by atoms with E-state index in [0.29, 0.717) is 0 Å². The first-order valence-corrected chi connectivity index (χ1v) is 11.2. The normalized spacial score (nSPS) is 39.6. The molecule has 3 aliphatic carbocycles. The van der Waals surface area contributed by atoms with Crippen molar-refractivity contribution in [3.05, 3.63) is 0 Å². The van der Waals surface area contributed by atoms with Gasteiger partial charge in [0.05, 0.1) is 6.10 Å². The Labute approximate surface area is 170 Å². The fraction of sp³-hybridized carbons (Fsp3) is 0.913. The molecule has 0 bridgehead atoms. The van der Waals surface area contributed by atoms with Gasteiger partial charge in [-0.2, -0.15) is 0 Å². The van der Waals surface area contributed by atoms with Crippen LogP contribution in [-0.2, 0) is 9.59 Å². The van der Waals surface area contributed by atoms with Gasteiger partial charge in [-0.1, -0.05) is 20.8 Å². The van der Waals surface area contributed by atoms with Crippen LogP contribution in [0.15, 0.2) is 0 Å². The van der Waals surface area contributed by atoms with Crippen molar-refractivity contribution in [1.82, 2.24) is 10.6 Å². The second-order valence-corrected chi connectivity index (χ2v) is 11.2. The zero-order valence-electron chi connectivity index (χ0n) is 18.5. The lowest BCUT2D eigenvalue weighted by Gasteiger charge is -2.56. The third kappa shape index (κ3) is 4.39. The topological polar surface area (TPSA) is 78.4 Å². The summed E-state index contributed by atoms with van der Waals surface area (Å²) in [5.74, 6) is 0.535. The highest BCUT2D eigenvalue weighted by Crippen LogP contribution is 2.55. The SMILES string of the molecule is C[C@H]1[C@@H]2[C@@H](O)C([C@H](C)C(=O)NC(C)(C)C)CC[C@@]2(C)CC[C@@H]1NC(=O)C1CC1. The lowest BCUT2D eigenvalue weighted by Crippen LogP contribution is -2.59. The minimum Gasteiger partial charge on any atom is -0.392 e. The molecule has 28 heavy (non-hydrogen) atoms. The maximum atomic E-state index is 12.7. The van der Waals surface area contributed by atoms with Crippen molar-refractivity contribution in [2.75, 3.05) is 0 Å². The zero-order valence-corrected chi connectivity index (χ0v) is 18.5. The maximum absolute atomic E-state index is 12.7. The minimum absolute atomic E-state index is 0.0271. The number of nitrogens with one attached hydrogen (secondary N) is 2. The van der Waals surface area contributed by atoms with Gasteiger partial charge in [0.25, 0.3) is 0 Å². The monoisotopic (exact) mass is 392 g/mol. The molecular formula is C23H40N2O3. The number of hydrogen-bond acceptors (Lipinski definition) is 3. The van der Waals surface area contributed by atoms with Gasteiger partial charge >= 0.3 is 0 Å². The predicted octanol–water partition coefficient (Wildman–Crippen LogP) is 3.26. The molecule has 0 aromatic heterocycles. The molecule has 1 unspecified atom stereocenters. The summed E-state index contributed by atoms with van der Waals surface area (Å²) in [6.07, 6.45) is 5.47. The molecule has 3 rings (SSSR count). The molecule has 7 atom stereocenters. The third-order valence-corrected chi connectivity index (χ3v) is 7.72. The van der Waals surface area contributed by atoms with E-state index in [9.17, 15) is 14.7 Å². The number of carbonyl (C=O) groups is 2. The highest BCUT2D eigenvalue weighted by molar-refractivity contribution is 5.81. The number of carbonyl (C=O) groups excluding carboxylic acids is 2. The van der Waals surface area contributed by atoms with E-state index in [1.165, 1.54) is 0 Å². The fourth-order valence-electron chi connectivity index (χ4n) is 5.82. The van der Waals surface area contributed by atoms with Crippen molar-refractivity contribution < 1.29 is 14.7 Å². The Kier molecular flexibility index (Phi) is 5.88. The quantitative estimate of drug-likeness (QED) is 0.687. The number of fused-ring (bicyclic) bond motifs is 1. The predicted molar refractivity (Wildman–Crippen MR) is 110 cm³/mol. The molecule has 2 amide bonds. The number of aliphatic hydroxyl groups is 1. The van der Waals surface area contributed by atoms with Gasteiger partial charge in [0, 0.05) is 23.4 Å².